The first kappa shape index (κ1) is 17.6. The van der Waals surface area contributed by atoms with Gasteiger partial charge < -0.3 is 9.47 Å². The van der Waals surface area contributed by atoms with Crippen LogP contribution in [0.5, 0.6) is 0 Å². The van der Waals surface area contributed by atoms with Crippen LogP contribution in [0.1, 0.15) is 22.8 Å². The van der Waals surface area contributed by atoms with E-state index in [1.807, 2.05) is 37.3 Å². The quantitative estimate of drug-likeness (QED) is 0.704. The lowest BCUT2D eigenvalue weighted by Gasteiger charge is -2.21. The summed E-state index contributed by atoms with van der Waals surface area (Å²) in [5.74, 6) is -0.546. The Morgan fingerprint density at radius 2 is 1.81 bits per heavy atom. The van der Waals surface area contributed by atoms with Crippen LogP contribution >= 0.6 is 0 Å². The number of aromatic nitrogens is 1. The van der Waals surface area contributed by atoms with Gasteiger partial charge in [0, 0.05) is 24.5 Å². The molecule has 132 valence electrons. The van der Waals surface area contributed by atoms with Crippen LogP contribution in [-0.4, -0.2) is 17.0 Å². The molecule has 0 saturated carbocycles. The maximum atomic E-state index is 13.4. The topological polar surface area (TPSA) is 42.3 Å². The van der Waals surface area contributed by atoms with Crippen molar-refractivity contribution >= 4 is 11.6 Å². The zero-order valence-corrected chi connectivity index (χ0v) is 14.4. The SMILES string of the molecule is CCN(C(=O)c1ccc(=O)n(Cc2cccc(F)c2)c1)c1ccccc1. The minimum Gasteiger partial charge on any atom is -0.310 e. The summed E-state index contributed by atoms with van der Waals surface area (Å²) in [6.07, 6.45) is 1.53. The smallest absolute Gasteiger partial charge is 0.259 e. The number of hydrogen-bond acceptors (Lipinski definition) is 2. The third-order valence-corrected chi connectivity index (χ3v) is 4.10. The summed E-state index contributed by atoms with van der Waals surface area (Å²) in [5, 5.41) is 0. The summed E-state index contributed by atoms with van der Waals surface area (Å²) < 4.78 is 14.8. The normalized spacial score (nSPS) is 10.5. The predicted octanol–water partition coefficient (Wildman–Crippen LogP) is 3.70. The van der Waals surface area contributed by atoms with Crippen molar-refractivity contribution in [3.63, 3.8) is 0 Å². The van der Waals surface area contributed by atoms with Crippen molar-refractivity contribution in [3.05, 3.63) is 100 Å². The van der Waals surface area contributed by atoms with E-state index in [4.69, 9.17) is 0 Å². The van der Waals surface area contributed by atoms with Gasteiger partial charge in [0.05, 0.1) is 12.1 Å². The van der Waals surface area contributed by atoms with E-state index in [-0.39, 0.29) is 23.8 Å². The molecule has 0 saturated heterocycles. The highest BCUT2D eigenvalue weighted by molar-refractivity contribution is 6.05. The van der Waals surface area contributed by atoms with Crippen LogP contribution in [0.15, 0.2) is 77.7 Å². The molecule has 26 heavy (non-hydrogen) atoms. The van der Waals surface area contributed by atoms with Crippen molar-refractivity contribution in [1.82, 2.24) is 4.57 Å². The maximum Gasteiger partial charge on any atom is 0.259 e. The van der Waals surface area contributed by atoms with E-state index in [2.05, 4.69) is 0 Å². The molecule has 0 spiro atoms. The van der Waals surface area contributed by atoms with E-state index in [1.165, 1.54) is 35.0 Å². The summed E-state index contributed by atoms with van der Waals surface area (Å²) >= 11 is 0. The summed E-state index contributed by atoms with van der Waals surface area (Å²) in [4.78, 5) is 26.7. The van der Waals surface area contributed by atoms with Crippen molar-refractivity contribution in [2.45, 2.75) is 13.5 Å². The lowest BCUT2D eigenvalue weighted by atomic mass is 10.2. The largest absolute Gasteiger partial charge is 0.310 e. The lowest BCUT2D eigenvalue weighted by molar-refractivity contribution is 0.0987. The minimum atomic E-state index is -0.357. The highest BCUT2D eigenvalue weighted by atomic mass is 19.1. The van der Waals surface area contributed by atoms with Crippen LogP contribution in [0, 0.1) is 5.82 Å². The number of benzene rings is 2. The monoisotopic (exact) mass is 350 g/mol. The van der Waals surface area contributed by atoms with Crippen molar-refractivity contribution in [1.29, 1.82) is 0 Å². The Morgan fingerprint density at radius 1 is 1.04 bits per heavy atom. The van der Waals surface area contributed by atoms with Crippen LogP contribution in [0.3, 0.4) is 0 Å². The molecule has 0 bridgehead atoms. The molecule has 0 aliphatic heterocycles. The first-order valence-corrected chi connectivity index (χ1v) is 8.40. The molecule has 0 fully saturated rings. The second-order valence-corrected chi connectivity index (χ2v) is 5.90. The van der Waals surface area contributed by atoms with Crippen molar-refractivity contribution in [3.8, 4) is 0 Å². The molecule has 0 unspecified atom stereocenters. The number of nitrogens with zero attached hydrogens (tertiary/aromatic N) is 2. The Hall–Kier alpha value is -3.21. The molecular formula is C21H19FN2O2. The Bertz CT molecular complexity index is 967. The number of amides is 1. The third kappa shape index (κ3) is 3.88. The number of halogens is 1. The number of carbonyl (C=O) groups is 1. The Labute approximate surface area is 151 Å². The molecule has 1 heterocycles. The van der Waals surface area contributed by atoms with Crippen LogP contribution in [-0.2, 0) is 6.54 Å². The molecule has 0 N–H and O–H groups in total. The van der Waals surface area contributed by atoms with Gasteiger partial charge in [-0.15, -0.1) is 0 Å². The Balaban J connectivity index is 1.91. The Morgan fingerprint density at radius 3 is 2.50 bits per heavy atom. The van der Waals surface area contributed by atoms with Gasteiger partial charge in [-0.1, -0.05) is 30.3 Å². The average Bonchev–Trinajstić information content (AvgIpc) is 2.65. The van der Waals surface area contributed by atoms with E-state index in [1.54, 1.807) is 17.0 Å². The summed E-state index contributed by atoms with van der Waals surface area (Å²) in [5.41, 5.74) is 1.62. The summed E-state index contributed by atoms with van der Waals surface area (Å²) in [7, 11) is 0. The molecule has 0 radical (unpaired) electrons. The van der Waals surface area contributed by atoms with Crippen LogP contribution in [0.25, 0.3) is 0 Å². The first-order valence-electron chi connectivity index (χ1n) is 8.40. The fourth-order valence-corrected chi connectivity index (χ4v) is 2.82. The zero-order valence-electron chi connectivity index (χ0n) is 14.4. The number of para-hydroxylation sites is 1. The molecule has 0 aliphatic rings. The van der Waals surface area contributed by atoms with Gasteiger partial charge in [-0.3, -0.25) is 9.59 Å². The summed E-state index contributed by atoms with van der Waals surface area (Å²) in [6.45, 7) is 2.61. The lowest BCUT2D eigenvalue weighted by Crippen LogP contribution is -2.32. The average molecular weight is 350 g/mol. The van der Waals surface area contributed by atoms with E-state index in [9.17, 15) is 14.0 Å². The molecular weight excluding hydrogens is 331 g/mol. The van der Waals surface area contributed by atoms with Crippen molar-refractivity contribution < 1.29 is 9.18 Å². The van der Waals surface area contributed by atoms with Gasteiger partial charge >= 0.3 is 0 Å². The number of pyridine rings is 1. The Kier molecular flexibility index (Phi) is 5.27. The summed E-state index contributed by atoms with van der Waals surface area (Å²) in [6, 6.07) is 18.3. The predicted molar refractivity (Wildman–Crippen MR) is 100.0 cm³/mol. The number of carbonyl (C=O) groups excluding carboxylic acids is 1. The molecule has 2 aromatic carbocycles. The van der Waals surface area contributed by atoms with Gasteiger partial charge in [0.2, 0.25) is 0 Å². The fourth-order valence-electron chi connectivity index (χ4n) is 2.82. The molecule has 3 rings (SSSR count). The van der Waals surface area contributed by atoms with E-state index >= 15 is 0 Å². The van der Waals surface area contributed by atoms with Gasteiger partial charge in [0.1, 0.15) is 5.82 Å². The molecule has 1 aromatic heterocycles. The van der Waals surface area contributed by atoms with E-state index in [0.717, 1.165) is 5.69 Å². The van der Waals surface area contributed by atoms with Crippen LogP contribution in [0.4, 0.5) is 10.1 Å². The van der Waals surface area contributed by atoms with E-state index < -0.39 is 0 Å². The van der Waals surface area contributed by atoms with Gasteiger partial charge in [-0.25, -0.2) is 4.39 Å². The minimum absolute atomic E-state index is 0.188. The molecule has 0 aliphatic carbocycles. The second-order valence-electron chi connectivity index (χ2n) is 5.90. The van der Waals surface area contributed by atoms with Crippen molar-refractivity contribution in [2.75, 3.05) is 11.4 Å². The van der Waals surface area contributed by atoms with Gasteiger partial charge in [0.25, 0.3) is 11.5 Å². The zero-order chi connectivity index (χ0) is 18.5. The maximum absolute atomic E-state index is 13.4. The fraction of sp³-hybridized carbons (Fsp3) is 0.143. The van der Waals surface area contributed by atoms with Gasteiger partial charge in [-0.2, -0.15) is 0 Å². The molecule has 0 atom stereocenters. The van der Waals surface area contributed by atoms with Gasteiger partial charge in [-0.05, 0) is 42.8 Å². The standard InChI is InChI=1S/C21H19FN2O2/c1-2-24(19-9-4-3-5-10-19)21(26)17-11-12-20(25)23(15-17)14-16-7-6-8-18(22)13-16/h3-13,15H,2,14H2,1H3. The third-order valence-electron chi connectivity index (χ3n) is 4.10. The van der Waals surface area contributed by atoms with Crippen molar-refractivity contribution in [2.24, 2.45) is 0 Å². The second kappa shape index (κ2) is 7.78. The van der Waals surface area contributed by atoms with E-state index in [0.29, 0.717) is 17.7 Å². The van der Waals surface area contributed by atoms with Gasteiger partial charge in [0.15, 0.2) is 0 Å². The highest BCUT2D eigenvalue weighted by Gasteiger charge is 2.17. The molecule has 5 heteroatoms. The number of anilines is 1. The number of rotatable bonds is 5. The molecule has 3 aromatic rings. The highest BCUT2D eigenvalue weighted by Crippen LogP contribution is 2.16. The molecule has 1 amide bonds. The molecule has 4 nitrogen and oxygen atoms in total. The number of hydrogen-bond donors (Lipinski definition) is 0. The first-order chi connectivity index (χ1) is 12.6. The van der Waals surface area contributed by atoms with Crippen LogP contribution < -0.4 is 10.5 Å². The van der Waals surface area contributed by atoms with Crippen LogP contribution in [0.2, 0.25) is 0 Å².